The first-order valence-corrected chi connectivity index (χ1v) is 10.2. The molecule has 4 nitrogen and oxygen atoms in total. The van der Waals surface area contributed by atoms with E-state index in [0.717, 1.165) is 0 Å². The fraction of sp³-hybridized carbons (Fsp3) is 0.900. The van der Waals surface area contributed by atoms with Crippen LogP contribution in [-0.4, -0.2) is 42.5 Å². The Morgan fingerprint density at radius 1 is 0.680 bits per heavy atom. The van der Waals surface area contributed by atoms with Crippen molar-refractivity contribution in [3.05, 3.63) is 0 Å². The standard InChI is InChI=1S/C16H36N.C4H5NO2.HI/c1-5-9-13-17(14-10-6-2,15-11-7-3)16-12-8-4;6-3-1-2-4(7)5-3;/h5-16H2,1-4H3;1-2H2,(H,5,6,7);1H/q+1;;/p-1. The molecule has 0 radical (unpaired) electrons. The number of carbonyl (C=O) groups excluding carboxylic acids is 2. The lowest BCUT2D eigenvalue weighted by Gasteiger charge is -2.39. The van der Waals surface area contributed by atoms with Crippen molar-refractivity contribution in [1.82, 2.24) is 5.32 Å². The summed E-state index contributed by atoms with van der Waals surface area (Å²) in [5, 5.41) is 2.14. The third-order valence-corrected chi connectivity index (χ3v) is 4.80. The van der Waals surface area contributed by atoms with E-state index in [-0.39, 0.29) is 35.8 Å². The van der Waals surface area contributed by atoms with Crippen LogP contribution in [0.5, 0.6) is 0 Å². The molecule has 1 N–H and O–H groups in total. The average Bonchev–Trinajstić information content (AvgIpc) is 2.97. The molecule has 0 aromatic heterocycles. The van der Waals surface area contributed by atoms with Gasteiger partial charge in [-0.05, 0) is 25.7 Å². The van der Waals surface area contributed by atoms with Crippen molar-refractivity contribution < 1.29 is 38.0 Å². The zero-order chi connectivity index (χ0) is 18.3. The Bertz CT molecular complexity index is 297. The molecule has 0 aromatic rings. The van der Waals surface area contributed by atoms with Gasteiger partial charge in [0, 0.05) is 12.8 Å². The SMILES string of the molecule is CCCC[N+](CCCC)(CCCC)CCCC.O=C1CCC(=O)N1.[I-]. The van der Waals surface area contributed by atoms with Gasteiger partial charge < -0.3 is 28.5 Å². The summed E-state index contributed by atoms with van der Waals surface area (Å²) in [4.78, 5) is 20.2. The highest BCUT2D eigenvalue weighted by molar-refractivity contribution is 6.01. The van der Waals surface area contributed by atoms with E-state index in [9.17, 15) is 9.59 Å². The van der Waals surface area contributed by atoms with Crippen LogP contribution in [0.25, 0.3) is 0 Å². The minimum Gasteiger partial charge on any atom is -1.00 e. The molecule has 0 aromatic carbocycles. The first-order chi connectivity index (χ1) is 11.5. The molecule has 1 aliphatic rings. The van der Waals surface area contributed by atoms with Gasteiger partial charge in [-0.1, -0.05) is 53.4 Å². The van der Waals surface area contributed by atoms with E-state index >= 15 is 0 Å². The number of quaternary nitrogens is 1. The van der Waals surface area contributed by atoms with Crippen molar-refractivity contribution in [2.24, 2.45) is 0 Å². The zero-order valence-corrected chi connectivity index (χ0v) is 19.2. The highest BCUT2D eigenvalue weighted by atomic mass is 127. The highest BCUT2D eigenvalue weighted by Gasteiger charge is 2.24. The maximum absolute atomic E-state index is 10.1. The smallest absolute Gasteiger partial charge is 0.227 e. The van der Waals surface area contributed by atoms with Crippen molar-refractivity contribution >= 4 is 11.8 Å². The van der Waals surface area contributed by atoms with Gasteiger partial charge in [0.2, 0.25) is 11.8 Å². The van der Waals surface area contributed by atoms with E-state index in [4.69, 9.17) is 0 Å². The highest BCUT2D eigenvalue weighted by Crippen LogP contribution is 2.16. The second kappa shape index (κ2) is 17.3. The Morgan fingerprint density at radius 2 is 0.960 bits per heavy atom. The van der Waals surface area contributed by atoms with Gasteiger partial charge in [0.05, 0.1) is 26.2 Å². The lowest BCUT2D eigenvalue weighted by molar-refractivity contribution is -0.929. The van der Waals surface area contributed by atoms with Gasteiger partial charge in [-0.25, -0.2) is 0 Å². The van der Waals surface area contributed by atoms with E-state index in [0.29, 0.717) is 12.8 Å². The Hall–Kier alpha value is -0.170. The van der Waals surface area contributed by atoms with Gasteiger partial charge in [-0.15, -0.1) is 0 Å². The summed E-state index contributed by atoms with van der Waals surface area (Å²) in [6.07, 6.45) is 11.8. The van der Waals surface area contributed by atoms with Crippen LogP contribution in [0.2, 0.25) is 0 Å². The van der Waals surface area contributed by atoms with Crippen molar-refractivity contribution in [3.8, 4) is 0 Å². The molecular weight excluding hydrogens is 427 g/mol. The molecule has 5 heteroatoms. The Labute approximate surface area is 173 Å². The molecule has 1 heterocycles. The predicted molar refractivity (Wildman–Crippen MR) is 102 cm³/mol. The van der Waals surface area contributed by atoms with E-state index < -0.39 is 0 Å². The van der Waals surface area contributed by atoms with Crippen LogP contribution < -0.4 is 29.3 Å². The number of hydrogen-bond acceptors (Lipinski definition) is 2. The molecular formula is C20H41IN2O2. The van der Waals surface area contributed by atoms with E-state index in [2.05, 4.69) is 33.0 Å². The van der Waals surface area contributed by atoms with Gasteiger partial charge >= 0.3 is 0 Å². The first kappa shape index (κ1) is 27.1. The van der Waals surface area contributed by atoms with E-state index in [1.54, 1.807) is 0 Å². The largest absolute Gasteiger partial charge is 1.00 e. The van der Waals surface area contributed by atoms with Gasteiger partial charge in [-0.2, -0.15) is 0 Å². The first-order valence-electron chi connectivity index (χ1n) is 10.2. The number of halogens is 1. The number of nitrogens with zero attached hydrogens (tertiary/aromatic N) is 1. The Morgan fingerprint density at radius 3 is 1.12 bits per heavy atom. The summed E-state index contributed by atoms with van der Waals surface area (Å²) in [5.74, 6) is -0.296. The van der Waals surface area contributed by atoms with Crippen LogP contribution in [0.1, 0.15) is 91.9 Å². The van der Waals surface area contributed by atoms with Gasteiger partial charge in [0.1, 0.15) is 0 Å². The van der Waals surface area contributed by atoms with Crippen LogP contribution in [0, 0.1) is 0 Å². The summed E-state index contributed by atoms with van der Waals surface area (Å²) in [6, 6.07) is 0. The molecule has 1 aliphatic heterocycles. The fourth-order valence-corrected chi connectivity index (χ4v) is 3.15. The number of rotatable bonds is 12. The summed E-state index contributed by atoms with van der Waals surface area (Å²) in [7, 11) is 0. The summed E-state index contributed by atoms with van der Waals surface area (Å²) in [6.45, 7) is 15.0. The topological polar surface area (TPSA) is 46.2 Å². The van der Waals surface area contributed by atoms with Crippen molar-refractivity contribution in [3.63, 3.8) is 0 Å². The average molecular weight is 468 g/mol. The van der Waals surface area contributed by atoms with E-state index in [1.807, 2.05) is 0 Å². The fourth-order valence-electron chi connectivity index (χ4n) is 3.15. The summed E-state index contributed by atoms with van der Waals surface area (Å²) < 4.78 is 1.42. The molecule has 0 bridgehead atoms. The number of amides is 2. The number of nitrogens with one attached hydrogen (secondary N) is 1. The summed E-state index contributed by atoms with van der Waals surface area (Å²) >= 11 is 0. The van der Waals surface area contributed by atoms with Crippen LogP contribution in [-0.2, 0) is 9.59 Å². The second-order valence-corrected chi connectivity index (χ2v) is 7.12. The summed E-state index contributed by atoms with van der Waals surface area (Å²) in [5.41, 5.74) is 0. The molecule has 1 saturated heterocycles. The molecule has 1 fully saturated rings. The number of carbonyl (C=O) groups is 2. The van der Waals surface area contributed by atoms with Crippen molar-refractivity contribution in [1.29, 1.82) is 0 Å². The zero-order valence-electron chi connectivity index (χ0n) is 17.0. The Balaban J connectivity index is 0. The van der Waals surface area contributed by atoms with Crippen LogP contribution in [0.4, 0.5) is 0 Å². The molecule has 0 spiro atoms. The van der Waals surface area contributed by atoms with Crippen LogP contribution in [0.3, 0.4) is 0 Å². The van der Waals surface area contributed by atoms with Crippen LogP contribution in [0.15, 0.2) is 0 Å². The minimum atomic E-state index is -0.148. The number of imide groups is 1. The monoisotopic (exact) mass is 468 g/mol. The third-order valence-electron chi connectivity index (χ3n) is 4.80. The number of hydrogen-bond donors (Lipinski definition) is 1. The molecule has 150 valence electrons. The van der Waals surface area contributed by atoms with Gasteiger partial charge in [0.25, 0.3) is 0 Å². The second-order valence-electron chi connectivity index (χ2n) is 7.12. The molecule has 0 saturated carbocycles. The maximum Gasteiger partial charge on any atom is 0.227 e. The normalized spacial score (nSPS) is 13.8. The molecule has 0 aliphatic carbocycles. The quantitative estimate of drug-likeness (QED) is 0.268. The van der Waals surface area contributed by atoms with E-state index in [1.165, 1.54) is 82.0 Å². The lowest BCUT2D eigenvalue weighted by Crippen LogP contribution is -3.00. The molecule has 0 atom stereocenters. The molecule has 2 amide bonds. The molecule has 0 unspecified atom stereocenters. The molecule has 1 rings (SSSR count). The van der Waals surface area contributed by atoms with Crippen LogP contribution >= 0.6 is 0 Å². The van der Waals surface area contributed by atoms with Gasteiger partial charge in [-0.3, -0.25) is 14.9 Å². The Kier molecular flexibility index (Phi) is 18.7. The lowest BCUT2D eigenvalue weighted by atomic mass is 10.1. The molecule has 25 heavy (non-hydrogen) atoms. The predicted octanol–water partition coefficient (Wildman–Crippen LogP) is 1.43. The van der Waals surface area contributed by atoms with Crippen molar-refractivity contribution in [2.45, 2.75) is 91.9 Å². The van der Waals surface area contributed by atoms with Gasteiger partial charge in [0.15, 0.2) is 0 Å². The third kappa shape index (κ3) is 13.7. The maximum atomic E-state index is 10.1. The van der Waals surface area contributed by atoms with Crippen molar-refractivity contribution in [2.75, 3.05) is 26.2 Å². The minimum absolute atomic E-state index is 0. The number of unbranched alkanes of at least 4 members (excludes halogenated alkanes) is 4.